The molecule has 0 spiro atoms. The van der Waals surface area contributed by atoms with E-state index in [1.54, 1.807) is 0 Å². The SMILES string of the molecule is CCC1CC1NC(=O)CCCN. The Morgan fingerprint density at radius 1 is 1.67 bits per heavy atom. The van der Waals surface area contributed by atoms with Crippen molar-refractivity contribution in [1.82, 2.24) is 5.32 Å². The van der Waals surface area contributed by atoms with Gasteiger partial charge in [0.2, 0.25) is 5.91 Å². The predicted octanol–water partition coefficient (Wildman–Crippen LogP) is 0.640. The molecule has 0 bridgehead atoms. The van der Waals surface area contributed by atoms with Gasteiger partial charge in [-0.3, -0.25) is 4.79 Å². The number of nitrogens with one attached hydrogen (secondary N) is 1. The molecule has 1 fully saturated rings. The molecule has 12 heavy (non-hydrogen) atoms. The van der Waals surface area contributed by atoms with Gasteiger partial charge in [-0.05, 0) is 25.3 Å². The van der Waals surface area contributed by atoms with Crippen molar-refractivity contribution in [2.75, 3.05) is 6.54 Å². The summed E-state index contributed by atoms with van der Waals surface area (Å²) in [6.45, 7) is 2.77. The minimum Gasteiger partial charge on any atom is -0.353 e. The van der Waals surface area contributed by atoms with Crippen molar-refractivity contribution in [3.63, 3.8) is 0 Å². The summed E-state index contributed by atoms with van der Waals surface area (Å²) in [5.41, 5.74) is 5.30. The fraction of sp³-hybridized carbons (Fsp3) is 0.889. The number of carbonyl (C=O) groups excluding carboxylic acids is 1. The first kappa shape index (κ1) is 9.52. The van der Waals surface area contributed by atoms with Gasteiger partial charge in [-0.15, -0.1) is 0 Å². The first-order valence-corrected chi connectivity index (χ1v) is 4.77. The predicted molar refractivity (Wildman–Crippen MR) is 48.6 cm³/mol. The van der Waals surface area contributed by atoms with E-state index in [1.165, 1.54) is 12.8 Å². The third kappa shape index (κ3) is 2.81. The van der Waals surface area contributed by atoms with Gasteiger partial charge >= 0.3 is 0 Å². The fourth-order valence-corrected chi connectivity index (χ4v) is 1.42. The number of carbonyl (C=O) groups is 1. The highest BCUT2D eigenvalue weighted by Crippen LogP contribution is 2.32. The first-order chi connectivity index (χ1) is 5.77. The summed E-state index contributed by atoms with van der Waals surface area (Å²) in [6.07, 6.45) is 3.74. The van der Waals surface area contributed by atoms with Gasteiger partial charge in [0.15, 0.2) is 0 Å². The maximum Gasteiger partial charge on any atom is 0.220 e. The van der Waals surface area contributed by atoms with Gasteiger partial charge < -0.3 is 11.1 Å². The molecule has 1 aliphatic rings. The zero-order chi connectivity index (χ0) is 8.97. The molecule has 2 atom stereocenters. The summed E-state index contributed by atoms with van der Waals surface area (Å²) in [7, 11) is 0. The minimum absolute atomic E-state index is 0.168. The quantitative estimate of drug-likeness (QED) is 0.636. The number of rotatable bonds is 5. The van der Waals surface area contributed by atoms with Gasteiger partial charge in [0, 0.05) is 12.5 Å². The number of hydrogen-bond donors (Lipinski definition) is 2. The molecule has 2 unspecified atom stereocenters. The maximum absolute atomic E-state index is 11.1. The van der Waals surface area contributed by atoms with Crippen LogP contribution in [0.1, 0.15) is 32.6 Å². The van der Waals surface area contributed by atoms with Crippen LogP contribution in [0.25, 0.3) is 0 Å². The van der Waals surface area contributed by atoms with Gasteiger partial charge in [-0.25, -0.2) is 0 Å². The molecule has 0 aromatic carbocycles. The van der Waals surface area contributed by atoms with E-state index < -0.39 is 0 Å². The lowest BCUT2D eigenvalue weighted by molar-refractivity contribution is -0.121. The van der Waals surface area contributed by atoms with E-state index in [4.69, 9.17) is 5.73 Å². The van der Waals surface area contributed by atoms with Gasteiger partial charge in [0.05, 0.1) is 0 Å². The van der Waals surface area contributed by atoms with Crippen LogP contribution in [0, 0.1) is 5.92 Å². The highest BCUT2D eigenvalue weighted by Gasteiger charge is 2.35. The Morgan fingerprint density at radius 2 is 2.42 bits per heavy atom. The summed E-state index contributed by atoms with van der Waals surface area (Å²) in [4.78, 5) is 11.1. The molecule has 3 nitrogen and oxygen atoms in total. The van der Waals surface area contributed by atoms with E-state index in [1.807, 2.05) is 0 Å². The zero-order valence-electron chi connectivity index (χ0n) is 7.68. The van der Waals surface area contributed by atoms with Crippen LogP contribution in [0.3, 0.4) is 0 Å². The van der Waals surface area contributed by atoms with Crippen LogP contribution in [-0.4, -0.2) is 18.5 Å². The lowest BCUT2D eigenvalue weighted by Gasteiger charge is -2.02. The largest absolute Gasteiger partial charge is 0.353 e. The van der Waals surface area contributed by atoms with E-state index in [9.17, 15) is 4.79 Å². The Kier molecular flexibility index (Phi) is 3.53. The highest BCUT2D eigenvalue weighted by molar-refractivity contribution is 5.76. The second kappa shape index (κ2) is 4.45. The van der Waals surface area contributed by atoms with Crippen molar-refractivity contribution in [1.29, 1.82) is 0 Å². The van der Waals surface area contributed by atoms with Crippen molar-refractivity contribution in [2.24, 2.45) is 11.7 Å². The molecule has 0 radical (unpaired) electrons. The van der Waals surface area contributed by atoms with Crippen LogP contribution < -0.4 is 11.1 Å². The molecule has 1 amide bonds. The van der Waals surface area contributed by atoms with E-state index in [0.29, 0.717) is 19.0 Å². The maximum atomic E-state index is 11.1. The molecule has 1 saturated carbocycles. The highest BCUT2D eigenvalue weighted by atomic mass is 16.1. The Bertz CT molecular complexity index is 159. The summed E-state index contributed by atoms with van der Waals surface area (Å²) < 4.78 is 0. The molecule has 70 valence electrons. The van der Waals surface area contributed by atoms with E-state index in [2.05, 4.69) is 12.2 Å². The van der Waals surface area contributed by atoms with Crippen molar-refractivity contribution < 1.29 is 4.79 Å². The average Bonchev–Trinajstić information content (AvgIpc) is 2.80. The minimum atomic E-state index is 0.168. The topological polar surface area (TPSA) is 55.1 Å². The normalized spacial score (nSPS) is 26.8. The first-order valence-electron chi connectivity index (χ1n) is 4.77. The summed E-state index contributed by atoms with van der Waals surface area (Å²) in [5.74, 6) is 0.910. The molecule has 0 aliphatic heterocycles. The Morgan fingerprint density at radius 3 is 2.92 bits per heavy atom. The van der Waals surface area contributed by atoms with Crippen LogP contribution in [-0.2, 0) is 4.79 Å². The molecule has 0 aromatic heterocycles. The molecule has 3 N–H and O–H groups in total. The summed E-state index contributed by atoms with van der Waals surface area (Å²) in [6, 6.07) is 0.472. The monoisotopic (exact) mass is 170 g/mol. The molecule has 1 rings (SSSR count). The average molecular weight is 170 g/mol. The zero-order valence-corrected chi connectivity index (χ0v) is 7.68. The van der Waals surface area contributed by atoms with Gasteiger partial charge in [0.1, 0.15) is 0 Å². The molecule has 0 heterocycles. The Hall–Kier alpha value is -0.570. The summed E-state index contributed by atoms with van der Waals surface area (Å²) in [5, 5.41) is 3.00. The fourth-order valence-electron chi connectivity index (χ4n) is 1.42. The van der Waals surface area contributed by atoms with Gasteiger partial charge in [0.25, 0.3) is 0 Å². The third-order valence-electron chi connectivity index (χ3n) is 2.40. The number of nitrogens with two attached hydrogens (primary N) is 1. The van der Waals surface area contributed by atoms with Crippen molar-refractivity contribution >= 4 is 5.91 Å². The van der Waals surface area contributed by atoms with Crippen molar-refractivity contribution in [2.45, 2.75) is 38.6 Å². The molecule has 0 aromatic rings. The van der Waals surface area contributed by atoms with Crippen LogP contribution in [0.15, 0.2) is 0 Å². The smallest absolute Gasteiger partial charge is 0.220 e. The molecular weight excluding hydrogens is 152 g/mol. The van der Waals surface area contributed by atoms with Crippen LogP contribution in [0.5, 0.6) is 0 Å². The molecule has 3 heteroatoms. The number of amides is 1. The van der Waals surface area contributed by atoms with Gasteiger partial charge in [-0.2, -0.15) is 0 Å². The van der Waals surface area contributed by atoms with E-state index in [-0.39, 0.29) is 5.91 Å². The van der Waals surface area contributed by atoms with Crippen molar-refractivity contribution in [3.8, 4) is 0 Å². The van der Waals surface area contributed by atoms with E-state index >= 15 is 0 Å². The number of hydrogen-bond acceptors (Lipinski definition) is 2. The molecule has 0 saturated heterocycles. The third-order valence-corrected chi connectivity index (χ3v) is 2.40. The molecule has 1 aliphatic carbocycles. The summed E-state index contributed by atoms with van der Waals surface area (Å²) >= 11 is 0. The van der Waals surface area contributed by atoms with Crippen molar-refractivity contribution in [3.05, 3.63) is 0 Å². The lowest BCUT2D eigenvalue weighted by Crippen LogP contribution is -2.27. The Balaban J connectivity index is 2.04. The second-order valence-electron chi connectivity index (χ2n) is 3.47. The van der Waals surface area contributed by atoms with Crippen LogP contribution in [0.2, 0.25) is 0 Å². The molecular formula is C9H18N2O. The lowest BCUT2D eigenvalue weighted by atomic mass is 10.3. The van der Waals surface area contributed by atoms with Crippen LogP contribution in [0.4, 0.5) is 0 Å². The van der Waals surface area contributed by atoms with Crippen LogP contribution >= 0.6 is 0 Å². The van der Waals surface area contributed by atoms with Gasteiger partial charge in [-0.1, -0.05) is 13.3 Å². The standard InChI is InChI=1S/C9H18N2O/c1-2-7-6-8(7)11-9(12)4-3-5-10/h7-8H,2-6,10H2,1H3,(H,11,12). The second-order valence-corrected chi connectivity index (χ2v) is 3.47. The Labute approximate surface area is 73.7 Å². The van der Waals surface area contributed by atoms with E-state index in [0.717, 1.165) is 12.3 Å².